The van der Waals surface area contributed by atoms with Crippen molar-refractivity contribution in [2.75, 3.05) is 36.1 Å². The zero-order chi connectivity index (χ0) is 31.1. The monoisotopic (exact) mass is 626 g/mol. The number of rotatable bonds is 4. The number of epoxide rings is 2. The summed E-state index contributed by atoms with van der Waals surface area (Å²) in [6, 6.07) is 10.9. The first-order valence-electron chi connectivity index (χ1n) is 14.3. The molecule has 0 unspecified atom stereocenters. The molecular formula is C30H28F6N2O6. The van der Waals surface area contributed by atoms with Crippen molar-refractivity contribution >= 4 is 23.2 Å². The Morgan fingerprint density at radius 1 is 0.614 bits per heavy atom. The number of ether oxygens (including phenoxy) is 4. The summed E-state index contributed by atoms with van der Waals surface area (Å²) in [6.45, 7) is 2.70. The third-order valence-electron chi connectivity index (χ3n) is 9.46. The lowest BCUT2D eigenvalue weighted by molar-refractivity contribution is -0.275. The molecule has 2 saturated carbocycles. The minimum Gasteiger partial charge on any atom is -0.406 e. The molecule has 6 atom stereocenters. The van der Waals surface area contributed by atoms with Gasteiger partial charge < -0.3 is 28.7 Å². The predicted molar refractivity (Wildman–Crippen MR) is 141 cm³/mol. The Kier molecular flexibility index (Phi) is 6.63. The maximum atomic E-state index is 12.5. The summed E-state index contributed by atoms with van der Waals surface area (Å²) < 4.78 is 91.4. The standard InChI is InChI=1S/2C15H14F3NO3/c2*16-15(17,18)22-11-3-1-10(2-4-11)19-7-9-5-14(8-21-14)6-12(9)13(19)20/h2*1-4,9,12H,5-8H2/t9-,12-,14+;9-,12-,14-/m00/s1. The number of nitrogens with zero attached hydrogens (tertiary/aromatic N) is 2. The quantitative estimate of drug-likeness (QED) is 0.332. The SMILES string of the molecule is O=C1[C@H]2C[C@@]3(CO3)C[C@H]2CN1c1ccc(OC(F)(F)F)cc1.O=C1[C@H]2C[C@]3(CO3)C[C@H]2CN1c1ccc(OC(F)(F)F)cc1. The highest BCUT2D eigenvalue weighted by Gasteiger charge is 2.61. The van der Waals surface area contributed by atoms with Crippen molar-refractivity contribution in [2.24, 2.45) is 23.7 Å². The van der Waals surface area contributed by atoms with Crippen molar-refractivity contribution in [3.05, 3.63) is 48.5 Å². The molecule has 14 heteroatoms. The van der Waals surface area contributed by atoms with Crippen molar-refractivity contribution < 1.29 is 54.9 Å². The number of amides is 2. The van der Waals surface area contributed by atoms with Crippen molar-refractivity contribution in [3.63, 3.8) is 0 Å². The van der Waals surface area contributed by atoms with Gasteiger partial charge in [-0.1, -0.05) is 0 Å². The van der Waals surface area contributed by atoms with Crippen LogP contribution in [-0.4, -0.2) is 62.0 Å². The van der Waals surface area contributed by atoms with Crippen LogP contribution >= 0.6 is 0 Å². The van der Waals surface area contributed by atoms with Crippen LogP contribution in [0.15, 0.2) is 48.5 Å². The Hall–Kier alpha value is -3.52. The van der Waals surface area contributed by atoms with Crippen LogP contribution in [0.2, 0.25) is 0 Å². The van der Waals surface area contributed by atoms with Crippen LogP contribution in [0.4, 0.5) is 37.7 Å². The summed E-state index contributed by atoms with van der Waals surface area (Å²) in [5.41, 5.74) is 1.11. The molecule has 2 amide bonds. The first kappa shape index (κ1) is 29.2. The molecule has 2 aromatic rings. The number of fused-ring (bicyclic) bond motifs is 2. The summed E-state index contributed by atoms with van der Waals surface area (Å²) in [5, 5.41) is 0. The molecule has 0 bridgehead atoms. The van der Waals surface area contributed by atoms with Crippen LogP contribution < -0.4 is 19.3 Å². The molecule has 0 N–H and O–H groups in total. The van der Waals surface area contributed by atoms with Gasteiger partial charge in [-0.3, -0.25) is 9.59 Å². The van der Waals surface area contributed by atoms with E-state index in [0.29, 0.717) is 24.5 Å². The van der Waals surface area contributed by atoms with Crippen LogP contribution in [0.5, 0.6) is 11.5 Å². The first-order chi connectivity index (χ1) is 20.7. The number of carbonyl (C=O) groups excluding carboxylic acids is 2. The fourth-order valence-electron chi connectivity index (χ4n) is 7.35. The molecule has 4 saturated heterocycles. The molecule has 4 aliphatic heterocycles. The summed E-state index contributed by atoms with van der Waals surface area (Å²) in [4.78, 5) is 28.3. The van der Waals surface area contributed by atoms with E-state index in [9.17, 15) is 35.9 Å². The second-order valence-electron chi connectivity index (χ2n) is 12.5. The zero-order valence-electron chi connectivity index (χ0n) is 23.2. The molecule has 6 aliphatic rings. The van der Waals surface area contributed by atoms with Gasteiger partial charge in [-0.25, -0.2) is 0 Å². The molecule has 2 aliphatic carbocycles. The topological polar surface area (TPSA) is 84.1 Å². The van der Waals surface area contributed by atoms with E-state index < -0.39 is 12.7 Å². The van der Waals surface area contributed by atoms with Gasteiger partial charge in [-0.05, 0) is 86.1 Å². The van der Waals surface area contributed by atoms with Crippen LogP contribution in [0.25, 0.3) is 0 Å². The third kappa shape index (κ3) is 5.81. The largest absolute Gasteiger partial charge is 0.573 e. The van der Waals surface area contributed by atoms with E-state index in [0.717, 1.165) is 38.9 Å². The maximum Gasteiger partial charge on any atom is 0.573 e. The van der Waals surface area contributed by atoms with Crippen molar-refractivity contribution in [3.8, 4) is 11.5 Å². The maximum absolute atomic E-state index is 12.5. The molecule has 236 valence electrons. The second kappa shape index (κ2) is 9.99. The van der Waals surface area contributed by atoms with E-state index in [1.807, 2.05) is 0 Å². The number of hydrogen-bond donors (Lipinski definition) is 0. The lowest BCUT2D eigenvalue weighted by atomic mass is 10.0. The van der Waals surface area contributed by atoms with Crippen molar-refractivity contribution in [2.45, 2.75) is 49.6 Å². The minimum atomic E-state index is -4.71. The average molecular weight is 627 g/mol. The van der Waals surface area contributed by atoms with Crippen LogP contribution in [0, 0.1) is 23.7 Å². The molecule has 2 spiro atoms. The summed E-state index contributed by atoms with van der Waals surface area (Å²) in [5.74, 6) is 0.0370. The smallest absolute Gasteiger partial charge is 0.406 e. The average Bonchev–Trinajstić information content (AvgIpc) is 3.72. The van der Waals surface area contributed by atoms with Gasteiger partial charge in [0.05, 0.1) is 24.4 Å². The number of alkyl halides is 6. The lowest BCUT2D eigenvalue weighted by Crippen LogP contribution is -2.28. The van der Waals surface area contributed by atoms with Gasteiger partial charge in [-0.2, -0.15) is 0 Å². The van der Waals surface area contributed by atoms with E-state index in [-0.39, 0.29) is 58.2 Å². The van der Waals surface area contributed by atoms with E-state index >= 15 is 0 Å². The van der Waals surface area contributed by atoms with Gasteiger partial charge in [0.25, 0.3) is 0 Å². The Balaban J connectivity index is 0.000000142. The third-order valence-corrected chi connectivity index (χ3v) is 9.46. The van der Waals surface area contributed by atoms with Gasteiger partial charge in [0, 0.05) is 36.3 Å². The van der Waals surface area contributed by atoms with Crippen LogP contribution in [0.3, 0.4) is 0 Å². The molecule has 2 aromatic carbocycles. The molecule has 8 rings (SSSR count). The van der Waals surface area contributed by atoms with Crippen molar-refractivity contribution in [1.29, 1.82) is 0 Å². The van der Waals surface area contributed by atoms with E-state index in [1.54, 1.807) is 9.80 Å². The Morgan fingerprint density at radius 2 is 0.955 bits per heavy atom. The molecule has 44 heavy (non-hydrogen) atoms. The molecule has 8 nitrogen and oxygen atoms in total. The number of benzene rings is 2. The summed E-state index contributed by atoms with van der Waals surface area (Å²) >= 11 is 0. The van der Waals surface area contributed by atoms with E-state index in [1.165, 1.54) is 48.5 Å². The van der Waals surface area contributed by atoms with Crippen LogP contribution in [0.1, 0.15) is 25.7 Å². The van der Waals surface area contributed by atoms with Crippen molar-refractivity contribution in [1.82, 2.24) is 0 Å². The van der Waals surface area contributed by atoms with Gasteiger partial charge in [-0.15, -0.1) is 26.3 Å². The number of carbonyl (C=O) groups is 2. The minimum absolute atomic E-state index is 0.0198. The summed E-state index contributed by atoms with van der Waals surface area (Å²) in [6.07, 6.45) is -6.09. The van der Waals surface area contributed by atoms with Gasteiger partial charge in [0.2, 0.25) is 11.8 Å². The van der Waals surface area contributed by atoms with E-state index in [2.05, 4.69) is 9.47 Å². The lowest BCUT2D eigenvalue weighted by Gasteiger charge is -2.19. The molecule has 4 heterocycles. The second-order valence-corrected chi connectivity index (χ2v) is 12.5. The highest BCUT2D eigenvalue weighted by Crippen LogP contribution is 2.54. The Labute approximate surface area is 247 Å². The molecule has 6 fully saturated rings. The number of halogens is 6. The molecule has 0 aromatic heterocycles. The highest BCUT2D eigenvalue weighted by molar-refractivity contribution is 5.98. The molecule has 0 radical (unpaired) electrons. The summed E-state index contributed by atoms with van der Waals surface area (Å²) in [7, 11) is 0. The fraction of sp³-hybridized carbons (Fsp3) is 0.533. The highest BCUT2D eigenvalue weighted by atomic mass is 19.4. The fourth-order valence-corrected chi connectivity index (χ4v) is 7.35. The van der Waals surface area contributed by atoms with E-state index in [4.69, 9.17) is 9.47 Å². The van der Waals surface area contributed by atoms with Gasteiger partial charge in [0.1, 0.15) is 11.5 Å². The number of anilines is 2. The zero-order valence-corrected chi connectivity index (χ0v) is 23.2. The first-order valence-corrected chi connectivity index (χ1v) is 14.3. The normalized spacial score (nSPS) is 33.4. The predicted octanol–water partition coefficient (Wildman–Crippen LogP) is 5.45. The van der Waals surface area contributed by atoms with Crippen LogP contribution in [-0.2, 0) is 19.1 Å². The van der Waals surface area contributed by atoms with Gasteiger partial charge in [0.15, 0.2) is 0 Å². The van der Waals surface area contributed by atoms with Gasteiger partial charge >= 0.3 is 12.7 Å². The number of hydrogen-bond acceptors (Lipinski definition) is 6. The molecular weight excluding hydrogens is 598 g/mol. The Bertz CT molecular complexity index is 1330. The Morgan fingerprint density at radius 3 is 1.23 bits per heavy atom.